The molecule has 0 saturated carbocycles. The highest BCUT2D eigenvalue weighted by Crippen LogP contribution is 2.49. The van der Waals surface area contributed by atoms with Crippen molar-refractivity contribution >= 4 is 5.69 Å². The predicted molar refractivity (Wildman–Crippen MR) is 96.6 cm³/mol. The van der Waals surface area contributed by atoms with E-state index in [0.717, 1.165) is 38.9 Å². The van der Waals surface area contributed by atoms with Crippen LogP contribution in [0.5, 0.6) is 0 Å². The standard InChI is InChI=1S/C21H21F3N2/c22-21(23,24)18-6-2-1-5-15(18)14-10-13-4-3-9-26-19-7-8-25-12-17(19)16(11-14)20(13)26/h1-2,5-6,10-11,17,19,25H,3-4,7-9,12H2/t17-,19-/m0/s1. The third-order valence-electron chi connectivity index (χ3n) is 6.14. The van der Waals surface area contributed by atoms with Crippen molar-refractivity contribution in [2.45, 2.75) is 37.4 Å². The molecule has 1 fully saturated rings. The lowest BCUT2D eigenvalue weighted by atomic mass is 9.86. The molecule has 3 heterocycles. The van der Waals surface area contributed by atoms with Gasteiger partial charge in [-0.3, -0.25) is 0 Å². The number of piperidine rings is 1. The van der Waals surface area contributed by atoms with Gasteiger partial charge in [0.05, 0.1) is 5.56 Å². The fourth-order valence-corrected chi connectivity index (χ4v) is 5.10. The summed E-state index contributed by atoms with van der Waals surface area (Å²) in [5, 5.41) is 3.47. The summed E-state index contributed by atoms with van der Waals surface area (Å²) in [6.07, 6.45) is -1.21. The molecular formula is C21H21F3N2. The first-order valence-corrected chi connectivity index (χ1v) is 9.35. The zero-order chi connectivity index (χ0) is 17.9. The molecule has 2 nitrogen and oxygen atoms in total. The lowest BCUT2D eigenvalue weighted by Crippen LogP contribution is -2.45. The smallest absolute Gasteiger partial charge is 0.367 e. The fraction of sp³-hybridized carbons (Fsp3) is 0.429. The third kappa shape index (κ3) is 2.37. The number of rotatable bonds is 1. The number of hydrogen-bond acceptors (Lipinski definition) is 2. The monoisotopic (exact) mass is 358 g/mol. The zero-order valence-corrected chi connectivity index (χ0v) is 14.4. The van der Waals surface area contributed by atoms with E-state index in [2.05, 4.69) is 10.2 Å². The summed E-state index contributed by atoms with van der Waals surface area (Å²) in [6.45, 7) is 3.00. The molecule has 0 bridgehead atoms. The van der Waals surface area contributed by atoms with Crippen molar-refractivity contribution in [3.63, 3.8) is 0 Å². The maximum Gasteiger partial charge on any atom is 0.417 e. The van der Waals surface area contributed by atoms with Crippen LogP contribution in [0, 0.1) is 0 Å². The largest absolute Gasteiger partial charge is 0.417 e. The van der Waals surface area contributed by atoms with Crippen LogP contribution in [-0.4, -0.2) is 25.7 Å². The number of fused-ring (bicyclic) bond motifs is 3. The Morgan fingerprint density at radius 3 is 2.81 bits per heavy atom. The van der Waals surface area contributed by atoms with Gasteiger partial charge in [-0.25, -0.2) is 0 Å². The summed E-state index contributed by atoms with van der Waals surface area (Å²) >= 11 is 0. The first-order chi connectivity index (χ1) is 12.5. The molecule has 0 unspecified atom stereocenters. The number of nitrogens with one attached hydrogen (secondary N) is 1. The molecule has 5 rings (SSSR count). The van der Waals surface area contributed by atoms with Crippen molar-refractivity contribution in [2.24, 2.45) is 0 Å². The molecule has 0 aromatic heterocycles. The maximum absolute atomic E-state index is 13.5. The normalized spacial score (nSPS) is 24.3. The van der Waals surface area contributed by atoms with Gasteiger partial charge in [-0.2, -0.15) is 13.2 Å². The van der Waals surface area contributed by atoms with E-state index in [1.54, 1.807) is 12.1 Å². The summed E-state index contributed by atoms with van der Waals surface area (Å²) in [7, 11) is 0. The maximum atomic E-state index is 13.5. The average Bonchev–Trinajstić information content (AvgIpc) is 2.97. The van der Waals surface area contributed by atoms with E-state index in [4.69, 9.17) is 0 Å². The SMILES string of the molecule is FC(F)(F)c1ccccc1-c1cc2c3c(c1)[C@@H]1CNCC[C@@H]1N3CCC2. The molecule has 3 aliphatic rings. The van der Waals surface area contributed by atoms with Crippen molar-refractivity contribution in [3.8, 4) is 11.1 Å². The van der Waals surface area contributed by atoms with Gasteiger partial charge in [0.1, 0.15) is 0 Å². The number of aryl methyl sites for hydroxylation is 1. The second-order valence-corrected chi connectivity index (χ2v) is 7.58. The minimum absolute atomic E-state index is 0.295. The van der Waals surface area contributed by atoms with Crippen molar-refractivity contribution in [1.29, 1.82) is 0 Å². The zero-order valence-electron chi connectivity index (χ0n) is 14.4. The fourth-order valence-electron chi connectivity index (χ4n) is 5.10. The van der Waals surface area contributed by atoms with Gasteiger partial charge in [-0.15, -0.1) is 0 Å². The van der Waals surface area contributed by atoms with E-state index in [1.807, 2.05) is 12.1 Å². The molecular weight excluding hydrogens is 337 g/mol. The average molecular weight is 358 g/mol. The number of nitrogens with zero attached hydrogens (tertiary/aromatic N) is 1. The van der Waals surface area contributed by atoms with E-state index in [0.29, 0.717) is 23.1 Å². The number of halogens is 3. The Morgan fingerprint density at radius 1 is 1.12 bits per heavy atom. The van der Waals surface area contributed by atoms with E-state index < -0.39 is 11.7 Å². The van der Waals surface area contributed by atoms with Gasteiger partial charge in [0.25, 0.3) is 0 Å². The van der Waals surface area contributed by atoms with Gasteiger partial charge in [0.2, 0.25) is 0 Å². The second kappa shape index (κ2) is 5.74. The molecule has 0 aliphatic carbocycles. The third-order valence-corrected chi connectivity index (χ3v) is 6.14. The van der Waals surface area contributed by atoms with Crippen LogP contribution in [0.3, 0.4) is 0 Å². The van der Waals surface area contributed by atoms with Crippen LogP contribution in [0.25, 0.3) is 11.1 Å². The van der Waals surface area contributed by atoms with Gasteiger partial charge in [0, 0.05) is 30.7 Å². The molecule has 1 saturated heterocycles. The number of alkyl halides is 3. The minimum atomic E-state index is -4.34. The highest BCUT2D eigenvalue weighted by molar-refractivity contribution is 5.78. The van der Waals surface area contributed by atoms with Crippen LogP contribution in [-0.2, 0) is 12.6 Å². The first-order valence-electron chi connectivity index (χ1n) is 9.35. The van der Waals surface area contributed by atoms with Gasteiger partial charge >= 0.3 is 6.18 Å². The number of anilines is 1. The summed E-state index contributed by atoms with van der Waals surface area (Å²) in [6, 6.07) is 10.5. The Labute approximate surface area is 151 Å². The molecule has 26 heavy (non-hydrogen) atoms. The van der Waals surface area contributed by atoms with E-state index in [9.17, 15) is 13.2 Å². The van der Waals surface area contributed by atoms with Crippen LogP contribution in [0.15, 0.2) is 36.4 Å². The van der Waals surface area contributed by atoms with Crippen molar-refractivity contribution in [2.75, 3.05) is 24.5 Å². The molecule has 0 amide bonds. The van der Waals surface area contributed by atoms with Crippen molar-refractivity contribution < 1.29 is 13.2 Å². The molecule has 2 atom stereocenters. The van der Waals surface area contributed by atoms with Crippen LogP contribution in [0.4, 0.5) is 18.9 Å². The summed E-state index contributed by atoms with van der Waals surface area (Å²) in [5.74, 6) is 0.383. The number of hydrogen-bond donors (Lipinski definition) is 1. The first kappa shape index (κ1) is 16.2. The van der Waals surface area contributed by atoms with Crippen molar-refractivity contribution in [3.05, 3.63) is 53.1 Å². The molecule has 2 aromatic rings. The minimum Gasteiger partial charge on any atom is -0.367 e. The van der Waals surface area contributed by atoms with Gasteiger partial charge in [-0.05, 0) is 66.3 Å². The molecule has 136 valence electrons. The Morgan fingerprint density at radius 2 is 1.96 bits per heavy atom. The Balaban J connectivity index is 1.69. The van der Waals surface area contributed by atoms with E-state index in [-0.39, 0.29) is 0 Å². The van der Waals surface area contributed by atoms with Gasteiger partial charge < -0.3 is 10.2 Å². The van der Waals surface area contributed by atoms with Gasteiger partial charge in [0.15, 0.2) is 0 Å². The summed E-state index contributed by atoms with van der Waals surface area (Å²) in [5.41, 5.74) is 4.23. The van der Waals surface area contributed by atoms with Crippen LogP contribution in [0.1, 0.15) is 35.4 Å². The van der Waals surface area contributed by atoms with Gasteiger partial charge in [-0.1, -0.05) is 18.2 Å². The van der Waals surface area contributed by atoms with E-state index >= 15 is 0 Å². The van der Waals surface area contributed by atoms with Crippen LogP contribution in [0.2, 0.25) is 0 Å². The summed E-state index contributed by atoms with van der Waals surface area (Å²) in [4.78, 5) is 2.53. The highest BCUT2D eigenvalue weighted by Gasteiger charge is 2.42. The predicted octanol–water partition coefficient (Wildman–Crippen LogP) is 4.58. The van der Waals surface area contributed by atoms with Crippen LogP contribution < -0.4 is 10.2 Å². The van der Waals surface area contributed by atoms with Crippen molar-refractivity contribution in [1.82, 2.24) is 5.32 Å². The Kier molecular flexibility index (Phi) is 3.58. The number of benzene rings is 2. The lowest BCUT2D eigenvalue weighted by Gasteiger charge is -2.36. The van der Waals surface area contributed by atoms with E-state index in [1.165, 1.54) is 28.9 Å². The molecule has 3 aliphatic heterocycles. The molecule has 0 radical (unpaired) electrons. The topological polar surface area (TPSA) is 15.3 Å². The van der Waals surface area contributed by atoms with Crippen LogP contribution >= 0.6 is 0 Å². The molecule has 0 spiro atoms. The molecule has 1 N–H and O–H groups in total. The Bertz CT molecular complexity index is 859. The molecule has 2 aromatic carbocycles. The second-order valence-electron chi connectivity index (χ2n) is 7.58. The molecule has 5 heteroatoms. The highest BCUT2D eigenvalue weighted by atomic mass is 19.4. The summed E-state index contributed by atoms with van der Waals surface area (Å²) < 4.78 is 40.5. The Hall–Kier alpha value is -2.01. The quantitative estimate of drug-likeness (QED) is 0.802. The lowest BCUT2D eigenvalue weighted by molar-refractivity contribution is -0.137.